The third-order valence-corrected chi connectivity index (χ3v) is 4.56. The van der Waals surface area contributed by atoms with Crippen molar-refractivity contribution in [1.29, 1.82) is 0 Å². The lowest BCUT2D eigenvalue weighted by Gasteiger charge is -2.18. The third kappa shape index (κ3) is 5.81. The second-order valence-corrected chi connectivity index (χ2v) is 6.80. The van der Waals surface area contributed by atoms with Gasteiger partial charge < -0.3 is 15.1 Å². The smallest absolute Gasteiger partial charge is 0.216 e. The molecular weight excluding hydrogens is 483 g/mol. The Kier molecular flexibility index (Phi) is 8.23. The first-order valence-electron chi connectivity index (χ1n) is 9.47. The number of nitrogens with zero attached hydrogens (tertiary/aromatic N) is 5. The van der Waals surface area contributed by atoms with Crippen LogP contribution in [0.15, 0.2) is 27.8 Å². The first-order valence-corrected chi connectivity index (χ1v) is 9.47. The molecule has 0 aromatic carbocycles. The molecule has 3 heterocycles. The second-order valence-electron chi connectivity index (χ2n) is 6.80. The number of aromatic amines is 1. The highest BCUT2D eigenvalue weighted by atomic mass is 127. The molecule has 9 nitrogen and oxygen atoms in total. The Labute approximate surface area is 187 Å². The average molecular weight is 512 g/mol. The van der Waals surface area contributed by atoms with E-state index in [-0.39, 0.29) is 30.0 Å². The molecule has 0 amide bonds. The Bertz CT molecular complexity index is 928. The molecule has 0 saturated carbocycles. The maximum Gasteiger partial charge on any atom is 0.216 e. The summed E-state index contributed by atoms with van der Waals surface area (Å²) in [5.41, 5.74) is 3.54. The number of aryl methyl sites for hydroxylation is 2. The average Bonchev–Trinajstić information content (AvgIpc) is 3.38. The fourth-order valence-corrected chi connectivity index (χ4v) is 3.06. The maximum absolute atomic E-state index is 5.31. The lowest BCUT2D eigenvalue weighted by Crippen LogP contribution is -2.43. The van der Waals surface area contributed by atoms with E-state index >= 15 is 0 Å². The summed E-state index contributed by atoms with van der Waals surface area (Å²) in [5.74, 6) is 2.58. The van der Waals surface area contributed by atoms with Gasteiger partial charge in [0.05, 0.1) is 12.0 Å². The molecule has 3 aromatic rings. The Hall–Kier alpha value is -2.37. The number of H-pyrrole nitrogens is 1. The third-order valence-electron chi connectivity index (χ3n) is 4.56. The zero-order valence-electron chi connectivity index (χ0n) is 17.5. The van der Waals surface area contributed by atoms with Crippen molar-refractivity contribution in [2.45, 2.75) is 46.7 Å². The van der Waals surface area contributed by atoms with E-state index in [1.54, 1.807) is 6.26 Å². The van der Waals surface area contributed by atoms with Gasteiger partial charge in [0.25, 0.3) is 0 Å². The van der Waals surface area contributed by atoms with E-state index < -0.39 is 0 Å². The number of halogens is 1. The summed E-state index contributed by atoms with van der Waals surface area (Å²) in [5, 5.41) is 18.3. The van der Waals surface area contributed by atoms with Gasteiger partial charge in [0.2, 0.25) is 5.82 Å². The molecule has 1 atom stereocenters. The molecule has 0 bridgehead atoms. The molecule has 0 aliphatic rings. The van der Waals surface area contributed by atoms with Gasteiger partial charge in [-0.3, -0.25) is 9.78 Å². The number of nitrogens with one attached hydrogen (secondary N) is 3. The van der Waals surface area contributed by atoms with Crippen LogP contribution in [-0.4, -0.2) is 43.5 Å². The molecule has 0 radical (unpaired) electrons. The van der Waals surface area contributed by atoms with Gasteiger partial charge >= 0.3 is 0 Å². The zero-order valence-corrected chi connectivity index (χ0v) is 19.8. The molecule has 0 aliphatic heterocycles. The monoisotopic (exact) mass is 512 g/mol. The van der Waals surface area contributed by atoms with Crippen LogP contribution in [-0.2, 0) is 20.0 Å². The zero-order chi connectivity index (χ0) is 20.1. The van der Waals surface area contributed by atoms with E-state index in [1.807, 2.05) is 30.8 Å². The minimum Gasteiger partial charge on any atom is -0.461 e. The van der Waals surface area contributed by atoms with Crippen LogP contribution >= 0.6 is 24.0 Å². The highest BCUT2D eigenvalue weighted by Gasteiger charge is 2.14. The van der Waals surface area contributed by atoms with Gasteiger partial charge in [-0.05, 0) is 51.8 Å². The first kappa shape index (κ1) is 22.9. The molecule has 29 heavy (non-hydrogen) atoms. The molecule has 0 aliphatic carbocycles. The summed E-state index contributed by atoms with van der Waals surface area (Å²) >= 11 is 0. The van der Waals surface area contributed by atoms with E-state index in [0.29, 0.717) is 24.0 Å². The molecule has 0 saturated heterocycles. The highest BCUT2D eigenvalue weighted by Crippen LogP contribution is 2.15. The molecule has 3 rings (SSSR count). The van der Waals surface area contributed by atoms with Crippen LogP contribution in [0.1, 0.15) is 36.6 Å². The van der Waals surface area contributed by atoms with Gasteiger partial charge in [-0.15, -0.1) is 29.1 Å². The van der Waals surface area contributed by atoms with Crippen LogP contribution in [0.25, 0.3) is 11.6 Å². The van der Waals surface area contributed by atoms with E-state index in [9.17, 15) is 0 Å². The van der Waals surface area contributed by atoms with Crippen molar-refractivity contribution >= 4 is 29.9 Å². The molecule has 3 aromatic heterocycles. The first-order chi connectivity index (χ1) is 13.5. The topological polar surface area (TPSA) is 109 Å². The Morgan fingerprint density at radius 1 is 1.38 bits per heavy atom. The Morgan fingerprint density at radius 3 is 2.79 bits per heavy atom. The maximum atomic E-state index is 5.31. The van der Waals surface area contributed by atoms with E-state index in [4.69, 9.17) is 4.42 Å². The van der Waals surface area contributed by atoms with Gasteiger partial charge in [-0.1, -0.05) is 0 Å². The van der Waals surface area contributed by atoms with Crippen LogP contribution in [0, 0.1) is 13.8 Å². The normalized spacial score (nSPS) is 12.5. The molecule has 1 unspecified atom stereocenters. The second kappa shape index (κ2) is 10.4. The predicted octanol–water partition coefficient (Wildman–Crippen LogP) is 2.72. The number of furan rings is 1. The van der Waals surface area contributed by atoms with Gasteiger partial charge in [-0.25, -0.2) is 9.98 Å². The summed E-state index contributed by atoms with van der Waals surface area (Å²) in [6, 6.07) is 3.84. The summed E-state index contributed by atoms with van der Waals surface area (Å²) < 4.78 is 7.24. The standard InChI is InChI=1S/C19H28N8O.HI/c1-6-20-19(22-12(2)10-15-13(3)26-27(5)14(15)4)21-11-17-23-18(25-24-17)16-8-7-9-28-16;/h7-9,12H,6,10-11H2,1-5H3,(H2,20,21,22)(H,23,24,25);1H. The predicted molar refractivity (Wildman–Crippen MR) is 123 cm³/mol. The van der Waals surface area contributed by atoms with Gasteiger partial charge in [0, 0.05) is 25.3 Å². The summed E-state index contributed by atoms with van der Waals surface area (Å²) in [7, 11) is 1.98. The van der Waals surface area contributed by atoms with Gasteiger partial charge in [0.15, 0.2) is 11.7 Å². The fourth-order valence-electron chi connectivity index (χ4n) is 3.06. The molecule has 158 valence electrons. The van der Waals surface area contributed by atoms with Crippen LogP contribution in [0.2, 0.25) is 0 Å². The van der Waals surface area contributed by atoms with Crippen molar-refractivity contribution in [2.24, 2.45) is 12.0 Å². The lowest BCUT2D eigenvalue weighted by molar-refractivity contribution is 0.577. The highest BCUT2D eigenvalue weighted by molar-refractivity contribution is 14.0. The Balaban J connectivity index is 0.00000300. The number of aliphatic imine (C=N–C) groups is 1. The SMILES string of the molecule is CCNC(=NCc1nc(-c2ccco2)n[nH]1)NC(C)Cc1c(C)nn(C)c1C.I. The van der Waals surface area contributed by atoms with Crippen molar-refractivity contribution in [3.05, 3.63) is 41.2 Å². The quantitative estimate of drug-likeness (QED) is 0.255. The lowest BCUT2D eigenvalue weighted by atomic mass is 10.1. The van der Waals surface area contributed by atoms with Crippen molar-refractivity contribution in [3.8, 4) is 11.6 Å². The molecule has 3 N–H and O–H groups in total. The number of guanidine groups is 1. The number of rotatable bonds is 7. The van der Waals surface area contributed by atoms with Crippen molar-refractivity contribution in [3.63, 3.8) is 0 Å². The minimum absolute atomic E-state index is 0. The molecule has 10 heteroatoms. The van der Waals surface area contributed by atoms with Crippen LogP contribution in [0.4, 0.5) is 0 Å². The minimum atomic E-state index is 0. The van der Waals surface area contributed by atoms with E-state index in [2.05, 4.69) is 56.7 Å². The number of aromatic nitrogens is 5. The number of hydrogen-bond acceptors (Lipinski definition) is 5. The fraction of sp³-hybridized carbons (Fsp3) is 0.474. The largest absolute Gasteiger partial charge is 0.461 e. The van der Waals surface area contributed by atoms with Crippen molar-refractivity contribution < 1.29 is 4.42 Å². The molecular formula is C19H29IN8O. The van der Waals surface area contributed by atoms with Gasteiger partial charge in [0.1, 0.15) is 12.4 Å². The van der Waals surface area contributed by atoms with Crippen LogP contribution in [0.3, 0.4) is 0 Å². The van der Waals surface area contributed by atoms with Crippen molar-refractivity contribution in [1.82, 2.24) is 35.6 Å². The van der Waals surface area contributed by atoms with Crippen LogP contribution < -0.4 is 10.6 Å². The molecule has 0 spiro atoms. The van der Waals surface area contributed by atoms with E-state index in [0.717, 1.165) is 24.6 Å². The van der Waals surface area contributed by atoms with E-state index in [1.165, 1.54) is 11.3 Å². The molecule has 0 fully saturated rings. The van der Waals surface area contributed by atoms with Crippen LogP contribution in [0.5, 0.6) is 0 Å². The van der Waals surface area contributed by atoms with Gasteiger partial charge in [-0.2, -0.15) is 5.10 Å². The summed E-state index contributed by atoms with van der Waals surface area (Å²) in [4.78, 5) is 9.04. The summed E-state index contributed by atoms with van der Waals surface area (Å²) in [6.07, 6.45) is 2.48. The van der Waals surface area contributed by atoms with Crippen molar-refractivity contribution in [2.75, 3.05) is 6.54 Å². The Morgan fingerprint density at radius 2 is 2.17 bits per heavy atom. The summed E-state index contributed by atoms with van der Waals surface area (Å²) in [6.45, 7) is 9.50. The number of hydrogen-bond donors (Lipinski definition) is 3.